The Morgan fingerprint density at radius 3 is 1.62 bits per heavy atom. The molecule has 0 unspecified atom stereocenters. The van der Waals surface area contributed by atoms with Crippen molar-refractivity contribution in [3.05, 3.63) is 186 Å². The van der Waals surface area contributed by atoms with Gasteiger partial charge in [-0.15, -0.1) is 0 Å². The first-order valence-corrected chi connectivity index (χ1v) is 18.1. The van der Waals surface area contributed by atoms with E-state index in [-0.39, 0.29) is 5.41 Å². The van der Waals surface area contributed by atoms with Crippen molar-refractivity contribution in [2.75, 3.05) is 4.90 Å². The van der Waals surface area contributed by atoms with E-state index in [1.807, 2.05) is 0 Å². The molecule has 0 aromatic heterocycles. The molecule has 0 saturated heterocycles. The van der Waals surface area contributed by atoms with Crippen LogP contribution in [0.2, 0.25) is 0 Å². The largest absolute Gasteiger partial charge is 0.310 e. The number of benzene rings is 7. The third-order valence-electron chi connectivity index (χ3n) is 11.0. The molecular formula is C49H41N. The number of hydrogen-bond donors (Lipinski definition) is 0. The number of hydrogen-bond acceptors (Lipinski definition) is 1. The molecule has 0 fully saturated rings. The molecule has 2 aliphatic rings. The molecule has 7 aromatic rings. The molecule has 0 radical (unpaired) electrons. The molecule has 0 atom stereocenters. The fraction of sp³-hybridized carbons (Fsp3) is 0.143. The van der Waals surface area contributed by atoms with E-state index in [1.165, 1.54) is 85.3 Å². The standard InChI is InChI=1S/C49H41N/c1-49(2)46-25-15-14-24-41(46)44-32-45(43-31-38-21-13-12-20-37(38)30-42(43)36-18-8-4-9-19-36)48(33-47(44)49)50(39-22-10-5-11-23-39)40-28-26-35(27-29-40)34-16-6-3-7-17-34/h3-11,14-19,22-33H,12-13,20-21H2,1-2H3. The first-order valence-electron chi connectivity index (χ1n) is 18.1. The molecule has 0 aliphatic heterocycles. The fourth-order valence-corrected chi connectivity index (χ4v) is 8.44. The van der Waals surface area contributed by atoms with Gasteiger partial charge in [0.1, 0.15) is 0 Å². The van der Waals surface area contributed by atoms with Gasteiger partial charge in [0.25, 0.3) is 0 Å². The molecule has 9 rings (SSSR count). The maximum atomic E-state index is 2.54. The van der Waals surface area contributed by atoms with Gasteiger partial charge in [-0.2, -0.15) is 0 Å². The smallest absolute Gasteiger partial charge is 0.0543 e. The summed E-state index contributed by atoms with van der Waals surface area (Å²) < 4.78 is 0. The third kappa shape index (κ3) is 5.17. The van der Waals surface area contributed by atoms with Gasteiger partial charge in [-0.1, -0.05) is 141 Å². The molecule has 0 heterocycles. The topological polar surface area (TPSA) is 3.24 Å². The minimum Gasteiger partial charge on any atom is -0.310 e. The maximum Gasteiger partial charge on any atom is 0.0543 e. The zero-order valence-corrected chi connectivity index (χ0v) is 28.9. The predicted octanol–water partition coefficient (Wildman–Crippen LogP) is 13.3. The van der Waals surface area contributed by atoms with E-state index in [0.717, 1.165) is 24.2 Å². The second kappa shape index (κ2) is 12.3. The number of fused-ring (bicyclic) bond motifs is 4. The molecule has 242 valence electrons. The van der Waals surface area contributed by atoms with Crippen molar-refractivity contribution in [2.24, 2.45) is 0 Å². The van der Waals surface area contributed by atoms with Crippen LogP contribution in [0.25, 0.3) is 44.5 Å². The Labute approximate surface area is 296 Å². The average Bonchev–Trinajstić information content (AvgIpc) is 3.40. The lowest BCUT2D eigenvalue weighted by Crippen LogP contribution is -2.17. The minimum absolute atomic E-state index is 0.128. The lowest BCUT2D eigenvalue weighted by atomic mass is 9.80. The Morgan fingerprint density at radius 2 is 0.940 bits per heavy atom. The van der Waals surface area contributed by atoms with Crippen LogP contribution in [0, 0.1) is 0 Å². The summed E-state index contributed by atoms with van der Waals surface area (Å²) in [5, 5.41) is 0. The SMILES string of the molecule is CC1(C)c2ccccc2-c2cc(-c3cc4c(cc3-c3ccccc3)CCCC4)c(N(c3ccccc3)c3ccc(-c4ccccc4)cc3)cc21. The predicted molar refractivity (Wildman–Crippen MR) is 212 cm³/mol. The van der Waals surface area contributed by atoms with Crippen LogP contribution >= 0.6 is 0 Å². The zero-order chi connectivity index (χ0) is 33.7. The summed E-state index contributed by atoms with van der Waals surface area (Å²) in [5.41, 5.74) is 19.4. The summed E-state index contributed by atoms with van der Waals surface area (Å²) in [6, 6.07) is 60.8. The highest BCUT2D eigenvalue weighted by Crippen LogP contribution is 2.54. The van der Waals surface area contributed by atoms with Crippen molar-refractivity contribution in [3.8, 4) is 44.5 Å². The molecule has 50 heavy (non-hydrogen) atoms. The Morgan fingerprint density at radius 1 is 0.400 bits per heavy atom. The monoisotopic (exact) mass is 643 g/mol. The van der Waals surface area contributed by atoms with Gasteiger partial charge < -0.3 is 4.90 Å². The van der Waals surface area contributed by atoms with E-state index in [4.69, 9.17) is 0 Å². The molecule has 0 N–H and O–H groups in total. The first kappa shape index (κ1) is 30.4. The normalized spacial score (nSPS) is 14.0. The lowest BCUT2D eigenvalue weighted by Gasteiger charge is -2.31. The maximum absolute atomic E-state index is 2.54. The van der Waals surface area contributed by atoms with Crippen molar-refractivity contribution in [1.29, 1.82) is 0 Å². The highest BCUT2D eigenvalue weighted by Gasteiger charge is 2.37. The van der Waals surface area contributed by atoms with E-state index >= 15 is 0 Å². The average molecular weight is 644 g/mol. The van der Waals surface area contributed by atoms with E-state index in [1.54, 1.807) is 0 Å². The summed E-state index contributed by atoms with van der Waals surface area (Å²) >= 11 is 0. The molecule has 0 bridgehead atoms. The molecular weight excluding hydrogens is 603 g/mol. The van der Waals surface area contributed by atoms with Gasteiger partial charge in [-0.25, -0.2) is 0 Å². The van der Waals surface area contributed by atoms with E-state index in [0.29, 0.717) is 0 Å². The van der Waals surface area contributed by atoms with Crippen LogP contribution in [0.15, 0.2) is 164 Å². The second-order valence-electron chi connectivity index (χ2n) is 14.4. The van der Waals surface area contributed by atoms with Crippen LogP contribution in [-0.2, 0) is 18.3 Å². The summed E-state index contributed by atoms with van der Waals surface area (Å²) in [4.78, 5) is 2.48. The first-order chi connectivity index (χ1) is 24.6. The third-order valence-corrected chi connectivity index (χ3v) is 11.0. The zero-order valence-electron chi connectivity index (χ0n) is 28.9. The van der Waals surface area contributed by atoms with Crippen LogP contribution < -0.4 is 4.90 Å². The molecule has 1 heteroatoms. The number of nitrogens with zero attached hydrogens (tertiary/aromatic N) is 1. The molecule has 7 aromatic carbocycles. The van der Waals surface area contributed by atoms with Gasteiger partial charge in [-0.3, -0.25) is 0 Å². The van der Waals surface area contributed by atoms with Gasteiger partial charge in [-0.05, 0) is 123 Å². The van der Waals surface area contributed by atoms with E-state index in [9.17, 15) is 0 Å². The Balaban J connectivity index is 1.34. The Bertz CT molecular complexity index is 2320. The number of aryl methyl sites for hydroxylation is 2. The molecule has 0 amide bonds. The number of para-hydroxylation sites is 1. The van der Waals surface area contributed by atoms with Crippen LogP contribution in [-0.4, -0.2) is 0 Å². The molecule has 0 saturated carbocycles. The van der Waals surface area contributed by atoms with Gasteiger partial charge in [0.2, 0.25) is 0 Å². The van der Waals surface area contributed by atoms with Crippen molar-refractivity contribution >= 4 is 17.1 Å². The van der Waals surface area contributed by atoms with Crippen molar-refractivity contribution in [3.63, 3.8) is 0 Å². The van der Waals surface area contributed by atoms with Crippen molar-refractivity contribution in [2.45, 2.75) is 44.9 Å². The van der Waals surface area contributed by atoms with Gasteiger partial charge in [0.05, 0.1) is 5.69 Å². The Kier molecular flexibility index (Phi) is 7.50. The van der Waals surface area contributed by atoms with Crippen LogP contribution in [0.5, 0.6) is 0 Å². The second-order valence-corrected chi connectivity index (χ2v) is 14.4. The highest BCUT2D eigenvalue weighted by atomic mass is 15.1. The van der Waals surface area contributed by atoms with Gasteiger partial charge in [0.15, 0.2) is 0 Å². The molecule has 1 nitrogen and oxygen atoms in total. The number of anilines is 3. The van der Waals surface area contributed by atoms with E-state index in [2.05, 4.69) is 183 Å². The molecule has 0 spiro atoms. The van der Waals surface area contributed by atoms with Crippen LogP contribution in [0.4, 0.5) is 17.1 Å². The minimum atomic E-state index is -0.128. The highest BCUT2D eigenvalue weighted by molar-refractivity contribution is 5.99. The van der Waals surface area contributed by atoms with Crippen molar-refractivity contribution < 1.29 is 0 Å². The number of rotatable bonds is 6. The summed E-state index contributed by atoms with van der Waals surface area (Å²) in [7, 11) is 0. The summed E-state index contributed by atoms with van der Waals surface area (Å²) in [6.07, 6.45) is 4.80. The quantitative estimate of drug-likeness (QED) is 0.174. The van der Waals surface area contributed by atoms with Crippen LogP contribution in [0.1, 0.15) is 48.9 Å². The summed E-state index contributed by atoms with van der Waals surface area (Å²) in [6.45, 7) is 4.77. The lowest BCUT2D eigenvalue weighted by molar-refractivity contribution is 0.660. The molecule has 2 aliphatic carbocycles. The van der Waals surface area contributed by atoms with Gasteiger partial charge >= 0.3 is 0 Å². The van der Waals surface area contributed by atoms with Crippen molar-refractivity contribution in [1.82, 2.24) is 0 Å². The fourth-order valence-electron chi connectivity index (χ4n) is 8.44. The van der Waals surface area contributed by atoms with Crippen LogP contribution in [0.3, 0.4) is 0 Å². The Hall–Kier alpha value is -5.66. The summed E-state index contributed by atoms with van der Waals surface area (Å²) in [5.74, 6) is 0. The van der Waals surface area contributed by atoms with Gasteiger partial charge in [0, 0.05) is 22.4 Å². The van der Waals surface area contributed by atoms with E-state index < -0.39 is 0 Å².